The zero-order valence-electron chi connectivity index (χ0n) is 31.7. The highest BCUT2D eigenvalue weighted by molar-refractivity contribution is 5.92. The van der Waals surface area contributed by atoms with Crippen LogP contribution in [-0.4, -0.2) is 128 Å². The van der Waals surface area contributed by atoms with Crippen LogP contribution in [-0.2, 0) is 35.2 Å². The molecular formula is C33H54N12O11. The third-order valence-electron chi connectivity index (χ3n) is 9.00. The average Bonchev–Trinajstić information content (AvgIpc) is 3.60. The smallest absolute Gasteiger partial charge is 0.410 e. The van der Waals surface area contributed by atoms with Gasteiger partial charge in [-0.15, -0.1) is 6.58 Å². The van der Waals surface area contributed by atoms with Gasteiger partial charge in [0.1, 0.15) is 24.3 Å². The number of allylic oxidation sites excluding steroid dienone is 1. The van der Waals surface area contributed by atoms with Crippen molar-refractivity contribution in [1.29, 1.82) is 0 Å². The summed E-state index contributed by atoms with van der Waals surface area (Å²) in [4.78, 5) is 97.6. The quantitative estimate of drug-likeness (QED) is 0.0192. The standard InChI is InChI=1S/C33H54N12O11/c1-5-14-44-23-26(40-31(35)41-29(23)52)45(32(44)53)30-25(24(49)19(16-46)55-30)56-33(54)43(4)15-13-37-27(50)18(9-6-7-12-34)38-28(51)22(17(2)3)39-20(47)10-8-11-21(48)42-36/h5,17-19,22,24-25,30,46,49H,1,6-16,34,36H2,2-4H3,(H,37,50)(H,38,51)(H,39,47)(H,42,48)(H3,35,40,41,52)/t18-,19+,22-,24?,25?,30?/m0/s1. The fourth-order valence-electron chi connectivity index (χ4n) is 5.98. The highest BCUT2D eigenvalue weighted by Gasteiger charge is 2.49. The van der Waals surface area contributed by atoms with Crippen molar-refractivity contribution >= 4 is 46.8 Å². The van der Waals surface area contributed by atoms with Crippen LogP contribution in [0.4, 0.5) is 10.7 Å². The molecule has 0 radical (unpaired) electrons. The second kappa shape index (κ2) is 21.1. The normalized spacial score (nSPS) is 18.9. The number of hydrazine groups is 1. The van der Waals surface area contributed by atoms with Gasteiger partial charge in [-0.3, -0.25) is 38.9 Å². The van der Waals surface area contributed by atoms with E-state index in [1.807, 2.05) is 5.43 Å². The Kier molecular flexibility index (Phi) is 17.0. The van der Waals surface area contributed by atoms with Gasteiger partial charge in [0.05, 0.1) is 6.61 Å². The molecule has 2 aromatic heterocycles. The van der Waals surface area contributed by atoms with Gasteiger partial charge in [-0.1, -0.05) is 19.9 Å². The number of H-pyrrole nitrogens is 1. The minimum Gasteiger partial charge on any atom is -0.438 e. The number of hydrogen-bond donors (Lipinski definition) is 10. The van der Waals surface area contributed by atoms with E-state index >= 15 is 0 Å². The molecule has 1 fully saturated rings. The Hall–Kier alpha value is -5.36. The summed E-state index contributed by atoms with van der Waals surface area (Å²) in [6.07, 6.45) is -4.19. The van der Waals surface area contributed by atoms with Crippen molar-refractivity contribution in [1.82, 2.24) is 45.4 Å². The molecule has 13 N–H and O–H groups in total. The lowest BCUT2D eigenvalue weighted by molar-refractivity contribution is -0.133. The number of rotatable bonds is 21. The van der Waals surface area contributed by atoms with Crippen molar-refractivity contribution in [2.45, 2.75) is 95.5 Å². The van der Waals surface area contributed by atoms with Gasteiger partial charge in [0.2, 0.25) is 29.6 Å². The van der Waals surface area contributed by atoms with E-state index in [4.69, 9.17) is 26.8 Å². The Bertz CT molecular complexity index is 1830. The number of carbonyl (C=O) groups excluding carboxylic acids is 5. The van der Waals surface area contributed by atoms with E-state index < -0.39 is 84.2 Å². The number of anilines is 1. The highest BCUT2D eigenvalue weighted by atomic mass is 16.6. The fraction of sp³-hybridized carbons (Fsp3) is 0.636. The number of likely N-dealkylation sites (N-methyl/N-ethyl adjacent to an activating group) is 1. The number of nitrogens with zero attached hydrogens (tertiary/aromatic N) is 4. The summed E-state index contributed by atoms with van der Waals surface area (Å²) in [5.41, 5.74) is 11.4. The molecule has 3 rings (SSSR count). The maximum atomic E-state index is 13.6. The molecule has 1 aliphatic rings. The zero-order chi connectivity index (χ0) is 41.7. The van der Waals surface area contributed by atoms with Gasteiger partial charge in [0.25, 0.3) is 5.56 Å². The first kappa shape index (κ1) is 45.0. The number of hydrogen-bond acceptors (Lipinski definition) is 15. The number of nitrogens with one attached hydrogen (secondary N) is 5. The van der Waals surface area contributed by atoms with E-state index in [1.54, 1.807) is 13.8 Å². The van der Waals surface area contributed by atoms with Crippen LogP contribution < -0.4 is 49.9 Å². The van der Waals surface area contributed by atoms with Gasteiger partial charge >= 0.3 is 11.8 Å². The van der Waals surface area contributed by atoms with Gasteiger partial charge in [0.15, 0.2) is 23.5 Å². The number of fused-ring (bicyclic) bond motifs is 1. The van der Waals surface area contributed by atoms with E-state index in [0.717, 1.165) is 14.0 Å². The number of aromatic amines is 1. The number of unbranched alkanes of at least 4 members (excludes halogenated alkanes) is 1. The number of carbonyl (C=O) groups is 5. The number of ether oxygens (including phenoxy) is 2. The molecule has 3 heterocycles. The lowest BCUT2D eigenvalue weighted by atomic mass is 10.0. The van der Waals surface area contributed by atoms with Crippen LogP contribution in [0.3, 0.4) is 0 Å². The van der Waals surface area contributed by atoms with Crippen LogP contribution in [0.1, 0.15) is 58.6 Å². The van der Waals surface area contributed by atoms with Crippen molar-refractivity contribution in [3.8, 4) is 0 Å². The summed E-state index contributed by atoms with van der Waals surface area (Å²) < 4.78 is 13.3. The molecule has 0 spiro atoms. The van der Waals surface area contributed by atoms with Crippen LogP contribution in [0, 0.1) is 5.92 Å². The maximum absolute atomic E-state index is 13.6. The van der Waals surface area contributed by atoms with Gasteiger partial charge in [-0.2, -0.15) is 4.98 Å². The summed E-state index contributed by atoms with van der Waals surface area (Å²) >= 11 is 0. The second-order valence-corrected chi connectivity index (χ2v) is 13.5. The van der Waals surface area contributed by atoms with Gasteiger partial charge in [-0.25, -0.2) is 20.0 Å². The molecule has 1 saturated heterocycles. The fourth-order valence-corrected chi connectivity index (χ4v) is 5.98. The van der Waals surface area contributed by atoms with E-state index in [-0.39, 0.29) is 68.3 Å². The Morgan fingerprint density at radius 3 is 2.43 bits per heavy atom. The van der Waals surface area contributed by atoms with Crippen LogP contribution >= 0.6 is 0 Å². The van der Waals surface area contributed by atoms with Crippen molar-refractivity contribution < 1.29 is 43.7 Å². The molecule has 23 nitrogen and oxygen atoms in total. The number of aromatic nitrogens is 4. The van der Waals surface area contributed by atoms with Crippen LogP contribution in [0.5, 0.6) is 0 Å². The number of amides is 5. The third-order valence-corrected chi connectivity index (χ3v) is 9.00. The number of aliphatic hydroxyl groups is 2. The van der Waals surface area contributed by atoms with Crippen molar-refractivity contribution in [3.63, 3.8) is 0 Å². The van der Waals surface area contributed by atoms with Gasteiger partial charge in [-0.05, 0) is 38.1 Å². The monoisotopic (exact) mass is 794 g/mol. The van der Waals surface area contributed by atoms with Crippen LogP contribution in [0.25, 0.3) is 11.2 Å². The van der Waals surface area contributed by atoms with E-state index in [2.05, 4.69) is 32.5 Å². The average molecular weight is 795 g/mol. The van der Waals surface area contributed by atoms with Crippen molar-refractivity contribution in [2.75, 3.05) is 39.0 Å². The van der Waals surface area contributed by atoms with Gasteiger partial charge in [0, 0.05) is 39.5 Å². The van der Waals surface area contributed by atoms with Crippen molar-refractivity contribution in [3.05, 3.63) is 33.5 Å². The first-order valence-electron chi connectivity index (χ1n) is 18.1. The first-order valence-corrected chi connectivity index (χ1v) is 18.1. The number of nitrogens with two attached hydrogens (primary N) is 3. The summed E-state index contributed by atoms with van der Waals surface area (Å²) in [5.74, 6) is 2.33. The molecular weight excluding hydrogens is 740 g/mol. The molecule has 6 atom stereocenters. The number of aliphatic hydroxyl groups excluding tert-OH is 2. The summed E-state index contributed by atoms with van der Waals surface area (Å²) in [5, 5.41) is 28.9. The molecule has 23 heteroatoms. The summed E-state index contributed by atoms with van der Waals surface area (Å²) in [6.45, 7) is 6.35. The lowest BCUT2D eigenvalue weighted by Gasteiger charge is -2.26. The molecule has 0 saturated carbocycles. The Morgan fingerprint density at radius 2 is 1.80 bits per heavy atom. The van der Waals surface area contributed by atoms with Gasteiger partial charge < -0.3 is 52.0 Å². The minimum atomic E-state index is -1.62. The maximum Gasteiger partial charge on any atom is 0.410 e. The third kappa shape index (κ3) is 11.3. The molecule has 5 amide bonds. The SMILES string of the molecule is C=CCn1c(=O)n(C2O[C@H](CO)C(O)C2OC(=O)N(C)CCNC(=O)[C@H](CCCCN)NC(=O)[C@@H](NC(=O)CCCC(=O)NN)C(C)C)c2nc(N)[nH]c(=O)c21. The summed E-state index contributed by atoms with van der Waals surface area (Å²) in [6, 6.07) is -2.00. The second-order valence-electron chi connectivity index (χ2n) is 13.5. The minimum absolute atomic E-state index is 0.0260. The molecule has 1 aliphatic heterocycles. The highest BCUT2D eigenvalue weighted by Crippen LogP contribution is 2.33. The van der Waals surface area contributed by atoms with E-state index in [9.17, 15) is 43.8 Å². The zero-order valence-corrected chi connectivity index (χ0v) is 31.7. The Morgan fingerprint density at radius 1 is 1.11 bits per heavy atom. The first-order chi connectivity index (χ1) is 26.6. The van der Waals surface area contributed by atoms with Crippen LogP contribution in [0.2, 0.25) is 0 Å². The predicted molar refractivity (Wildman–Crippen MR) is 200 cm³/mol. The molecule has 2 aromatic rings. The predicted octanol–water partition coefficient (Wildman–Crippen LogP) is -3.63. The molecule has 56 heavy (non-hydrogen) atoms. The topological polar surface area (TPSA) is 346 Å². The largest absolute Gasteiger partial charge is 0.438 e. The molecule has 0 aromatic carbocycles. The molecule has 3 unspecified atom stereocenters. The Labute approximate surface area is 321 Å². The Balaban J connectivity index is 1.69. The molecule has 0 aliphatic carbocycles. The number of nitrogen functional groups attached to an aromatic ring is 1. The van der Waals surface area contributed by atoms with E-state index in [0.29, 0.717) is 19.4 Å². The lowest BCUT2D eigenvalue weighted by Crippen LogP contribution is -2.55. The molecule has 312 valence electrons. The van der Waals surface area contributed by atoms with Crippen molar-refractivity contribution in [2.24, 2.45) is 17.5 Å². The van der Waals surface area contributed by atoms with E-state index in [1.165, 1.54) is 13.1 Å². The molecule has 0 bridgehead atoms. The summed E-state index contributed by atoms with van der Waals surface area (Å²) in [7, 11) is 1.35. The van der Waals surface area contributed by atoms with Crippen LogP contribution in [0.15, 0.2) is 22.2 Å². The number of imidazole rings is 1.